The lowest BCUT2D eigenvalue weighted by atomic mass is 9.93. The molecule has 0 bridgehead atoms. The number of unbranched alkanes of at least 4 members (excludes halogenated alkanes) is 33. The van der Waals surface area contributed by atoms with Crippen molar-refractivity contribution in [3.8, 4) is 0 Å². The van der Waals surface area contributed by atoms with Gasteiger partial charge >= 0.3 is 0 Å². The Morgan fingerprint density at radius 1 is 0.264 bits per heavy atom. The fourth-order valence-corrected chi connectivity index (χ4v) is 7.63. The van der Waals surface area contributed by atoms with Crippen LogP contribution >= 0.6 is 0 Å². The Morgan fingerprint density at radius 2 is 0.491 bits per heavy atom. The zero-order valence-corrected chi connectivity index (χ0v) is 38.7. The van der Waals surface area contributed by atoms with Crippen molar-refractivity contribution >= 4 is 0 Å². The van der Waals surface area contributed by atoms with Gasteiger partial charge in [-0.15, -0.1) is 0 Å². The molecule has 0 spiro atoms. The monoisotopic (exact) mass is 741 g/mol. The van der Waals surface area contributed by atoms with E-state index >= 15 is 0 Å². The highest BCUT2D eigenvalue weighted by atomic mass is 14.1. The summed E-state index contributed by atoms with van der Waals surface area (Å²) in [6.45, 7) is 18.3. The molecule has 0 saturated heterocycles. The van der Waals surface area contributed by atoms with E-state index in [4.69, 9.17) is 0 Å². The maximum absolute atomic E-state index is 2.53. The molecule has 0 amide bonds. The fraction of sp³-hybridized carbons (Fsp3) is 0.887. The molecule has 1 aromatic rings. The first-order valence-electron chi connectivity index (χ1n) is 25.1. The Labute approximate surface area is 339 Å². The topological polar surface area (TPSA) is 0 Å². The van der Waals surface area contributed by atoms with Crippen LogP contribution in [0.3, 0.4) is 0 Å². The van der Waals surface area contributed by atoms with E-state index in [0.717, 1.165) is 0 Å². The Bertz CT molecular complexity index is 771. The van der Waals surface area contributed by atoms with Crippen molar-refractivity contribution in [2.75, 3.05) is 0 Å². The van der Waals surface area contributed by atoms with Crippen LogP contribution in [0.1, 0.15) is 301 Å². The van der Waals surface area contributed by atoms with E-state index in [-0.39, 0.29) is 0 Å². The highest BCUT2D eigenvalue weighted by Gasteiger charge is 2.05. The molecular formula is C53H104. The normalized spacial score (nSPS) is 10.9. The molecule has 0 nitrogen and oxygen atoms in total. The van der Waals surface area contributed by atoms with Gasteiger partial charge in [0.25, 0.3) is 0 Å². The second-order valence-electron chi connectivity index (χ2n) is 17.2. The first kappa shape index (κ1) is 54.3. The summed E-state index contributed by atoms with van der Waals surface area (Å²) >= 11 is 0. The Morgan fingerprint density at radius 3 is 0.774 bits per heavy atom. The van der Waals surface area contributed by atoms with Crippen LogP contribution in [0, 0.1) is 13.8 Å². The second-order valence-corrected chi connectivity index (χ2v) is 17.2. The van der Waals surface area contributed by atoms with E-state index in [1.165, 1.54) is 256 Å². The van der Waals surface area contributed by atoms with Gasteiger partial charge in [0, 0.05) is 0 Å². The third-order valence-electron chi connectivity index (χ3n) is 11.6. The Kier molecular flexibility index (Phi) is 48.6. The van der Waals surface area contributed by atoms with E-state index in [2.05, 4.69) is 67.5 Å². The summed E-state index contributed by atoms with van der Waals surface area (Å²) in [4.78, 5) is 0. The third-order valence-corrected chi connectivity index (χ3v) is 11.6. The van der Waals surface area contributed by atoms with E-state index in [9.17, 15) is 0 Å². The molecule has 0 heterocycles. The van der Waals surface area contributed by atoms with Gasteiger partial charge in [0.15, 0.2) is 0 Å². The smallest absolute Gasteiger partial charge is 0.0276 e. The predicted octanol–water partition coefficient (Wildman–Crippen LogP) is 19.9. The summed E-state index contributed by atoms with van der Waals surface area (Å²) in [6, 6.07) is 4.98. The van der Waals surface area contributed by atoms with Crippen molar-refractivity contribution in [1.82, 2.24) is 0 Å². The molecule has 0 saturated carbocycles. The molecule has 0 heteroatoms. The first-order valence-corrected chi connectivity index (χ1v) is 25.1. The van der Waals surface area contributed by atoms with Crippen molar-refractivity contribution in [3.05, 3.63) is 34.4 Å². The minimum Gasteiger partial charge on any atom is -0.0654 e. The molecule has 1 rings (SSSR count). The molecule has 0 radical (unpaired) electrons. The lowest BCUT2D eigenvalue weighted by molar-refractivity contribution is 0.538. The lowest BCUT2D eigenvalue weighted by Crippen LogP contribution is -1.97. The molecule has 316 valence electrons. The minimum absolute atomic E-state index is 1.27. The molecule has 1 aromatic carbocycles. The van der Waals surface area contributed by atoms with Gasteiger partial charge in [-0.1, -0.05) is 278 Å². The number of benzene rings is 1. The minimum atomic E-state index is 1.27. The summed E-state index contributed by atoms with van der Waals surface area (Å²) in [5, 5.41) is 0. The van der Waals surface area contributed by atoms with Crippen LogP contribution in [0.5, 0.6) is 0 Å². The van der Waals surface area contributed by atoms with Crippen LogP contribution in [-0.4, -0.2) is 0 Å². The highest BCUT2D eigenvalue weighted by molar-refractivity contribution is 5.38. The number of hydrogen-bond acceptors (Lipinski definition) is 0. The Hall–Kier alpha value is -0.780. The van der Waals surface area contributed by atoms with E-state index in [1.807, 2.05) is 0 Å². The molecule has 53 heavy (non-hydrogen) atoms. The van der Waals surface area contributed by atoms with Crippen molar-refractivity contribution in [2.45, 2.75) is 306 Å². The second kappa shape index (κ2) is 47.4. The van der Waals surface area contributed by atoms with Crippen LogP contribution in [0.2, 0.25) is 0 Å². The number of aryl methyl sites for hydroxylation is 3. The van der Waals surface area contributed by atoms with E-state index < -0.39 is 0 Å². The lowest BCUT2D eigenvalue weighted by Gasteiger charge is -2.13. The van der Waals surface area contributed by atoms with Crippen LogP contribution in [0.25, 0.3) is 0 Å². The van der Waals surface area contributed by atoms with Gasteiger partial charge in [0.05, 0.1) is 0 Å². The maximum atomic E-state index is 2.53. The van der Waals surface area contributed by atoms with Crippen LogP contribution < -0.4 is 0 Å². The largest absolute Gasteiger partial charge is 0.0654 e. The molecule has 0 N–H and O–H groups in total. The van der Waals surface area contributed by atoms with Crippen molar-refractivity contribution < 1.29 is 0 Å². The van der Waals surface area contributed by atoms with Gasteiger partial charge < -0.3 is 0 Å². The quantitative estimate of drug-likeness (QED) is 0.0596. The van der Waals surface area contributed by atoms with Gasteiger partial charge in [0.1, 0.15) is 0 Å². The van der Waals surface area contributed by atoms with E-state index in [1.54, 1.807) is 16.7 Å². The predicted molar refractivity (Wildman–Crippen MR) is 248 cm³/mol. The molecular weight excluding hydrogens is 637 g/mol. The van der Waals surface area contributed by atoms with Gasteiger partial charge in [-0.2, -0.15) is 0 Å². The molecule has 0 unspecified atom stereocenters. The molecule has 0 atom stereocenters. The zero-order valence-electron chi connectivity index (χ0n) is 38.7. The molecule has 0 aliphatic rings. The fourth-order valence-electron chi connectivity index (χ4n) is 7.63. The summed E-state index contributed by atoms with van der Waals surface area (Å²) in [5.41, 5.74) is 6.26. The van der Waals surface area contributed by atoms with Crippen molar-refractivity contribution in [3.63, 3.8) is 0 Å². The summed E-state index contributed by atoms with van der Waals surface area (Å²) in [6.07, 6.45) is 55.6. The summed E-state index contributed by atoms with van der Waals surface area (Å²) in [7, 11) is 0. The van der Waals surface area contributed by atoms with Crippen LogP contribution in [0.15, 0.2) is 12.1 Å². The standard InChI is InChI=1S/C30H54.C16H34.C7H16/c1-5-7-9-11-12-13-14-15-16-17-18-20-22-24-30-26-29(25-27(3)28(30)4)23-21-19-10-8-6-2;1-3-5-7-9-11-13-15-16-14-12-10-8-6-4-2;1-3-5-7-6-4-2/h25-26H,5-24H2,1-4H3;3-16H2,1-2H3;3-7H2,1-2H3. The summed E-state index contributed by atoms with van der Waals surface area (Å²) < 4.78 is 0. The molecule has 0 aromatic heterocycles. The maximum Gasteiger partial charge on any atom is -0.0276 e. The summed E-state index contributed by atoms with van der Waals surface area (Å²) in [5.74, 6) is 0. The van der Waals surface area contributed by atoms with Gasteiger partial charge in [-0.25, -0.2) is 0 Å². The van der Waals surface area contributed by atoms with Crippen LogP contribution in [-0.2, 0) is 12.8 Å². The zero-order chi connectivity index (χ0) is 39.3. The molecule has 0 fully saturated rings. The highest BCUT2D eigenvalue weighted by Crippen LogP contribution is 2.21. The van der Waals surface area contributed by atoms with Gasteiger partial charge in [-0.3, -0.25) is 0 Å². The van der Waals surface area contributed by atoms with Gasteiger partial charge in [-0.05, 0) is 61.8 Å². The van der Waals surface area contributed by atoms with Crippen molar-refractivity contribution in [1.29, 1.82) is 0 Å². The average Bonchev–Trinajstić information content (AvgIpc) is 3.16. The van der Waals surface area contributed by atoms with Crippen molar-refractivity contribution in [2.24, 2.45) is 0 Å². The SMILES string of the molecule is CCCCCCC.CCCCCCCCCCCCCCCC.CCCCCCCCCCCCCCCc1cc(CCCCCCC)cc(C)c1C. The number of hydrogen-bond donors (Lipinski definition) is 0. The average molecular weight is 741 g/mol. The number of rotatable bonds is 37. The van der Waals surface area contributed by atoms with Crippen LogP contribution in [0.4, 0.5) is 0 Å². The third kappa shape index (κ3) is 42.2. The molecule has 0 aliphatic carbocycles. The first-order chi connectivity index (χ1) is 26.0. The van der Waals surface area contributed by atoms with Gasteiger partial charge in [0.2, 0.25) is 0 Å². The molecule has 0 aliphatic heterocycles. The Balaban J connectivity index is 0. The van der Waals surface area contributed by atoms with E-state index in [0.29, 0.717) is 0 Å².